The van der Waals surface area contributed by atoms with Gasteiger partial charge in [-0.2, -0.15) is 0 Å². The number of hydrogen-bond acceptors (Lipinski definition) is 3. The quantitative estimate of drug-likeness (QED) is 0.845. The second-order valence-electron chi connectivity index (χ2n) is 8.18. The zero-order chi connectivity index (χ0) is 19.3. The number of anilines is 1. The van der Waals surface area contributed by atoms with E-state index >= 15 is 0 Å². The van der Waals surface area contributed by atoms with Crippen LogP contribution in [0.3, 0.4) is 0 Å². The standard InChI is InChI=1S/C20H28N2O4/c1-20(2,3)12-17(23)21-16-8-6-14(7-9-16)11-18(24)22-10-4-5-15(13-22)19(25)26/h6-9,15H,4-5,10-13H2,1-3H3,(H,21,23)(H,25,26)/t15-/m0/s1. The van der Waals surface area contributed by atoms with E-state index in [1.807, 2.05) is 32.9 Å². The van der Waals surface area contributed by atoms with Gasteiger partial charge in [0.2, 0.25) is 11.8 Å². The van der Waals surface area contributed by atoms with Crippen molar-refractivity contribution in [3.8, 4) is 0 Å². The molecule has 0 saturated carbocycles. The Morgan fingerprint density at radius 3 is 2.42 bits per heavy atom. The van der Waals surface area contributed by atoms with E-state index in [0.717, 1.165) is 12.0 Å². The van der Waals surface area contributed by atoms with E-state index < -0.39 is 11.9 Å². The fraction of sp³-hybridized carbons (Fsp3) is 0.550. The first-order valence-corrected chi connectivity index (χ1v) is 9.03. The Morgan fingerprint density at radius 2 is 1.85 bits per heavy atom. The predicted molar refractivity (Wildman–Crippen MR) is 99.8 cm³/mol. The van der Waals surface area contributed by atoms with Crippen LogP contribution in [0, 0.1) is 11.3 Å². The number of hydrogen-bond donors (Lipinski definition) is 2. The van der Waals surface area contributed by atoms with E-state index in [-0.39, 0.29) is 30.2 Å². The van der Waals surface area contributed by atoms with E-state index in [0.29, 0.717) is 25.1 Å². The molecule has 2 rings (SSSR count). The smallest absolute Gasteiger partial charge is 0.308 e. The lowest BCUT2D eigenvalue weighted by Crippen LogP contribution is -2.42. The van der Waals surface area contributed by atoms with Crippen molar-refractivity contribution in [1.29, 1.82) is 0 Å². The molecule has 2 N–H and O–H groups in total. The number of aliphatic carboxylic acids is 1. The third-order valence-electron chi connectivity index (χ3n) is 4.41. The van der Waals surface area contributed by atoms with Crippen LogP contribution in [0.4, 0.5) is 5.69 Å². The van der Waals surface area contributed by atoms with Crippen LogP contribution in [-0.4, -0.2) is 40.9 Å². The van der Waals surface area contributed by atoms with Crippen LogP contribution in [0.5, 0.6) is 0 Å². The molecule has 1 aromatic carbocycles. The van der Waals surface area contributed by atoms with E-state index in [4.69, 9.17) is 5.11 Å². The normalized spacial score (nSPS) is 17.7. The van der Waals surface area contributed by atoms with Gasteiger partial charge in [0.1, 0.15) is 0 Å². The average Bonchev–Trinajstić information content (AvgIpc) is 2.55. The summed E-state index contributed by atoms with van der Waals surface area (Å²) in [6.07, 6.45) is 2.03. The highest BCUT2D eigenvalue weighted by Crippen LogP contribution is 2.21. The topological polar surface area (TPSA) is 86.7 Å². The van der Waals surface area contributed by atoms with Gasteiger partial charge in [-0.15, -0.1) is 0 Å². The Hall–Kier alpha value is -2.37. The first-order valence-electron chi connectivity index (χ1n) is 9.03. The van der Waals surface area contributed by atoms with Crippen LogP contribution in [0.1, 0.15) is 45.6 Å². The van der Waals surface area contributed by atoms with Crippen LogP contribution >= 0.6 is 0 Å². The molecule has 1 saturated heterocycles. The van der Waals surface area contributed by atoms with E-state index in [2.05, 4.69) is 5.32 Å². The second kappa shape index (κ2) is 8.34. The van der Waals surface area contributed by atoms with E-state index in [9.17, 15) is 14.4 Å². The van der Waals surface area contributed by atoms with Crippen molar-refractivity contribution < 1.29 is 19.5 Å². The summed E-state index contributed by atoms with van der Waals surface area (Å²) in [7, 11) is 0. The first kappa shape index (κ1) is 19.9. The van der Waals surface area contributed by atoms with Gasteiger partial charge < -0.3 is 15.3 Å². The van der Waals surface area contributed by atoms with Gasteiger partial charge in [0, 0.05) is 25.2 Å². The lowest BCUT2D eigenvalue weighted by Gasteiger charge is -2.30. The van der Waals surface area contributed by atoms with Crippen molar-refractivity contribution in [2.45, 2.75) is 46.5 Å². The highest BCUT2D eigenvalue weighted by molar-refractivity contribution is 5.91. The van der Waals surface area contributed by atoms with Gasteiger partial charge >= 0.3 is 5.97 Å². The maximum Gasteiger partial charge on any atom is 0.308 e. The largest absolute Gasteiger partial charge is 0.481 e. The van der Waals surface area contributed by atoms with Crippen LogP contribution in [0.15, 0.2) is 24.3 Å². The minimum Gasteiger partial charge on any atom is -0.481 e. The van der Waals surface area contributed by atoms with Crippen LogP contribution in [0.25, 0.3) is 0 Å². The molecule has 1 heterocycles. The first-order chi connectivity index (χ1) is 12.1. The van der Waals surface area contributed by atoms with Crippen molar-refractivity contribution in [1.82, 2.24) is 4.90 Å². The van der Waals surface area contributed by atoms with Crippen molar-refractivity contribution in [2.75, 3.05) is 18.4 Å². The maximum atomic E-state index is 12.4. The average molecular weight is 360 g/mol. The van der Waals surface area contributed by atoms with Crippen molar-refractivity contribution >= 4 is 23.5 Å². The predicted octanol–water partition coefficient (Wildman–Crippen LogP) is 2.93. The summed E-state index contributed by atoms with van der Waals surface area (Å²) in [5.41, 5.74) is 1.49. The minimum absolute atomic E-state index is 0.0330. The molecule has 1 aromatic rings. The molecule has 2 amide bonds. The molecule has 0 spiro atoms. The van der Waals surface area contributed by atoms with Gasteiger partial charge in [0.05, 0.1) is 12.3 Å². The number of rotatable bonds is 5. The molecule has 26 heavy (non-hydrogen) atoms. The van der Waals surface area contributed by atoms with Gasteiger partial charge in [-0.1, -0.05) is 32.9 Å². The summed E-state index contributed by atoms with van der Waals surface area (Å²) in [6.45, 7) is 6.93. The molecular weight excluding hydrogens is 332 g/mol. The Kier molecular flexibility index (Phi) is 6.40. The van der Waals surface area contributed by atoms with Crippen molar-refractivity contribution in [2.24, 2.45) is 11.3 Å². The highest BCUT2D eigenvalue weighted by atomic mass is 16.4. The third kappa shape index (κ3) is 6.17. The van der Waals surface area contributed by atoms with E-state index in [1.165, 1.54) is 0 Å². The number of nitrogens with one attached hydrogen (secondary N) is 1. The number of carboxylic acid groups (broad SMARTS) is 1. The SMILES string of the molecule is CC(C)(C)CC(=O)Nc1ccc(CC(=O)N2CCC[C@H](C(=O)O)C2)cc1. The molecule has 0 unspecified atom stereocenters. The molecule has 0 aromatic heterocycles. The number of piperidine rings is 1. The molecule has 1 aliphatic rings. The number of carbonyl (C=O) groups is 3. The molecule has 6 nitrogen and oxygen atoms in total. The Morgan fingerprint density at radius 1 is 1.19 bits per heavy atom. The van der Waals surface area contributed by atoms with Crippen LogP contribution in [0.2, 0.25) is 0 Å². The zero-order valence-electron chi connectivity index (χ0n) is 15.7. The lowest BCUT2D eigenvalue weighted by molar-refractivity contribution is -0.145. The summed E-state index contributed by atoms with van der Waals surface area (Å²) in [5, 5.41) is 12.0. The maximum absolute atomic E-state index is 12.4. The molecule has 1 atom stereocenters. The van der Waals surface area contributed by atoms with Gasteiger partial charge in [-0.3, -0.25) is 14.4 Å². The lowest BCUT2D eigenvalue weighted by atomic mass is 9.92. The monoisotopic (exact) mass is 360 g/mol. The highest BCUT2D eigenvalue weighted by Gasteiger charge is 2.28. The third-order valence-corrected chi connectivity index (χ3v) is 4.41. The fourth-order valence-electron chi connectivity index (χ4n) is 3.08. The number of carbonyl (C=O) groups excluding carboxylic acids is 2. The number of likely N-dealkylation sites (tertiary alicyclic amines) is 1. The minimum atomic E-state index is -0.835. The molecule has 0 radical (unpaired) electrons. The van der Waals surface area contributed by atoms with E-state index in [1.54, 1.807) is 17.0 Å². The van der Waals surface area contributed by atoms with Crippen molar-refractivity contribution in [3.63, 3.8) is 0 Å². The van der Waals surface area contributed by atoms with Gasteiger partial charge in [0.25, 0.3) is 0 Å². The zero-order valence-corrected chi connectivity index (χ0v) is 15.7. The Bertz CT molecular complexity index is 661. The molecule has 0 aliphatic carbocycles. The molecule has 6 heteroatoms. The molecule has 1 aliphatic heterocycles. The summed E-state index contributed by atoms with van der Waals surface area (Å²) in [5.74, 6) is -1.39. The van der Waals surface area contributed by atoms with Crippen molar-refractivity contribution in [3.05, 3.63) is 29.8 Å². The number of carboxylic acids is 1. The molecule has 0 bridgehead atoms. The van der Waals surface area contributed by atoms with Gasteiger partial charge in [0.15, 0.2) is 0 Å². The molecular formula is C20H28N2O4. The second-order valence-corrected chi connectivity index (χ2v) is 8.18. The summed E-state index contributed by atoms with van der Waals surface area (Å²) in [6, 6.07) is 7.23. The number of amides is 2. The Balaban J connectivity index is 1.89. The summed E-state index contributed by atoms with van der Waals surface area (Å²) < 4.78 is 0. The Labute approximate surface area is 154 Å². The number of nitrogens with zero attached hydrogens (tertiary/aromatic N) is 1. The van der Waals surface area contributed by atoms with Gasteiger partial charge in [-0.05, 0) is 36.0 Å². The van der Waals surface area contributed by atoms with Gasteiger partial charge in [-0.25, -0.2) is 0 Å². The summed E-state index contributed by atoms with van der Waals surface area (Å²) in [4.78, 5) is 37.1. The molecule has 142 valence electrons. The molecule has 1 fully saturated rings. The van der Waals surface area contributed by atoms with Crippen LogP contribution < -0.4 is 5.32 Å². The summed E-state index contributed by atoms with van der Waals surface area (Å²) >= 11 is 0. The number of benzene rings is 1. The fourth-order valence-corrected chi connectivity index (χ4v) is 3.08. The van der Waals surface area contributed by atoms with Crippen LogP contribution in [-0.2, 0) is 20.8 Å².